The Kier molecular flexibility index (Phi) is 2.94. The van der Waals surface area contributed by atoms with E-state index < -0.39 is 11.7 Å². The van der Waals surface area contributed by atoms with Gasteiger partial charge in [-0.2, -0.15) is 13.2 Å². The Balaban J connectivity index is 2.47. The van der Waals surface area contributed by atoms with Crippen molar-refractivity contribution < 1.29 is 13.2 Å². The molecule has 0 heterocycles. The highest BCUT2D eigenvalue weighted by Gasteiger charge is 2.38. The highest BCUT2D eigenvalue weighted by atomic mass is 19.4. The monoisotopic (exact) mass is 243 g/mol. The van der Waals surface area contributed by atoms with Crippen molar-refractivity contribution in [1.29, 1.82) is 0 Å². The fourth-order valence-electron chi connectivity index (χ4n) is 2.47. The molecule has 1 atom stereocenters. The van der Waals surface area contributed by atoms with Crippen LogP contribution in [0.25, 0.3) is 0 Å². The second kappa shape index (κ2) is 4.02. The Labute approximate surface area is 98.8 Å². The first-order chi connectivity index (χ1) is 7.86. The van der Waals surface area contributed by atoms with Crippen LogP contribution in [0.1, 0.15) is 30.0 Å². The SMILES string of the molecule is CC1(CN)CCc2cccc(C(F)(F)F)c2C1. The predicted octanol–water partition coefficient (Wildman–Crippen LogP) is 3.16. The fourth-order valence-corrected chi connectivity index (χ4v) is 2.47. The van der Waals surface area contributed by atoms with Gasteiger partial charge in [-0.15, -0.1) is 0 Å². The van der Waals surface area contributed by atoms with Crippen molar-refractivity contribution in [3.8, 4) is 0 Å². The Hall–Kier alpha value is -1.03. The molecule has 0 bridgehead atoms. The summed E-state index contributed by atoms with van der Waals surface area (Å²) in [5, 5.41) is 0. The molecule has 1 nitrogen and oxygen atoms in total. The van der Waals surface area contributed by atoms with Crippen LogP contribution in [-0.2, 0) is 19.0 Å². The van der Waals surface area contributed by atoms with E-state index in [1.165, 1.54) is 12.1 Å². The van der Waals surface area contributed by atoms with Crippen LogP contribution in [0, 0.1) is 5.41 Å². The number of fused-ring (bicyclic) bond motifs is 1. The Morgan fingerprint density at radius 2 is 2.06 bits per heavy atom. The molecular weight excluding hydrogens is 227 g/mol. The average molecular weight is 243 g/mol. The minimum Gasteiger partial charge on any atom is -0.330 e. The van der Waals surface area contributed by atoms with Gasteiger partial charge in [-0.1, -0.05) is 19.1 Å². The van der Waals surface area contributed by atoms with Gasteiger partial charge in [-0.25, -0.2) is 0 Å². The maximum atomic E-state index is 12.9. The van der Waals surface area contributed by atoms with Crippen LogP contribution in [0.4, 0.5) is 13.2 Å². The lowest BCUT2D eigenvalue weighted by atomic mass is 9.72. The highest BCUT2D eigenvalue weighted by Crippen LogP contribution is 2.41. The summed E-state index contributed by atoms with van der Waals surface area (Å²) in [4.78, 5) is 0. The topological polar surface area (TPSA) is 26.0 Å². The summed E-state index contributed by atoms with van der Waals surface area (Å²) < 4.78 is 38.7. The summed E-state index contributed by atoms with van der Waals surface area (Å²) in [5.74, 6) is 0. The molecule has 1 aromatic rings. The van der Waals surface area contributed by atoms with E-state index in [1.807, 2.05) is 6.92 Å². The van der Waals surface area contributed by atoms with Gasteiger partial charge in [0.2, 0.25) is 0 Å². The van der Waals surface area contributed by atoms with Gasteiger partial charge >= 0.3 is 6.18 Å². The van der Waals surface area contributed by atoms with Crippen molar-refractivity contribution in [2.45, 2.75) is 32.4 Å². The summed E-state index contributed by atoms with van der Waals surface area (Å²) in [5.41, 5.74) is 6.25. The maximum Gasteiger partial charge on any atom is 0.416 e. The normalized spacial score (nSPS) is 24.5. The molecule has 94 valence electrons. The predicted molar refractivity (Wildman–Crippen MR) is 60.6 cm³/mol. The van der Waals surface area contributed by atoms with Crippen LogP contribution in [0.3, 0.4) is 0 Å². The molecule has 0 saturated heterocycles. The molecule has 2 rings (SSSR count). The first-order valence-electron chi connectivity index (χ1n) is 5.74. The zero-order valence-corrected chi connectivity index (χ0v) is 9.77. The Morgan fingerprint density at radius 1 is 1.35 bits per heavy atom. The molecule has 1 aliphatic rings. The van der Waals surface area contributed by atoms with Crippen molar-refractivity contribution in [3.63, 3.8) is 0 Å². The van der Waals surface area contributed by atoms with Crippen molar-refractivity contribution in [2.75, 3.05) is 6.54 Å². The summed E-state index contributed by atoms with van der Waals surface area (Å²) in [7, 11) is 0. The number of aryl methyl sites for hydroxylation is 1. The van der Waals surface area contributed by atoms with Gasteiger partial charge in [-0.3, -0.25) is 0 Å². The highest BCUT2D eigenvalue weighted by molar-refractivity contribution is 5.39. The van der Waals surface area contributed by atoms with E-state index in [4.69, 9.17) is 5.73 Å². The standard InChI is InChI=1S/C13H16F3N/c1-12(8-17)6-5-9-3-2-4-11(10(9)7-12)13(14,15)16/h2-4H,5-8,17H2,1H3. The summed E-state index contributed by atoms with van der Waals surface area (Å²) in [6.07, 6.45) is -2.29. The molecule has 0 saturated carbocycles. The zero-order chi connectivity index (χ0) is 12.7. The van der Waals surface area contributed by atoms with Crippen molar-refractivity contribution >= 4 is 0 Å². The molecule has 4 heteroatoms. The molecule has 1 aliphatic carbocycles. The third kappa shape index (κ3) is 2.32. The van der Waals surface area contributed by atoms with E-state index >= 15 is 0 Å². The number of alkyl halides is 3. The van der Waals surface area contributed by atoms with E-state index in [0.717, 1.165) is 12.0 Å². The zero-order valence-electron chi connectivity index (χ0n) is 9.77. The molecular formula is C13H16F3N. The van der Waals surface area contributed by atoms with Crippen LogP contribution < -0.4 is 5.73 Å². The van der Waals surface area contributed by atoms with Gasteiger partial charge in [0.05, 0.1) is 5.56 Å². The first-order valence-corrected chi connectivity index (χ1v) is 5.74. The molecule has 0 aliphatic heterocycles. The minimum atomic E-state index is -4.27. The number of hydrogen-bond acceptors (Lipinski definition) is 1. The first kappa shape index (κ1) is 12.4. The Morgan fingerprint density at radius 3 is 2.65 bits per heavy atom. The number of nitrogens with two attached hydrogens (primary N) is 1. The van der Waals surface area contributed by atoms with E-state index in [1.54, 1.807) is 6.07 Å². The van der Waals surface area contributed by atoms with E-state index in [9.17, 15) is 13.2 Å². The van der Waals surface area contributed by atoms with Gasteiger partial charge in [0, 0.05) is 0 Å². The smallest absolute Gasteiger partial charge is 0.330 e. The van der Waals surface area contributed by atoms with Crippen molar-refractivity contribution in [3.05, 3.63) is 34.9 Å². The van der Waals surface area contributed by atoms with Gasteiger partial charge in [0.15, 0.2) is 0 Å². The minimum absolute atomic E-state index is 0.200. The number of hydrogen-bond donors (Lipinski definition) is 1. The average Bonchev–Trinajstić information content (AvgIpc) is 2.27. The number of halogens is 3. The lowest BCUT2D eigenvalue weighted by Gasteiger charge is -2.35. The lowest BCUT2D eigenvalue weighted by Crippen LogP contribution is -2.34. The second-order valence-corrected chi connectivity index (χ2v) is 5.13. The van der Waals surface area contributed by atoms with Crippen LogP contribution in [0.5, 0.6) is 0 Å². The largest absolute Gasteiger partial charge is 0.416 e. The molecule has 0 aromatic heterocycles. The molecule has 2 N–H and O–H groups in total. The maximum absolute atomic E-state index is 12.9. The second-order valence-electron chi connectivity index (χ2n) is 5.13. The van der Waals surface area contributed by atoms with Crippen LogP contribution in [0.2, 0.25) is 0 Å². The summed E-state index contributed by atoms with van der Waals surface area (Å²) in [6, 6.07) is 4.45. The van der Waals surface area contributed by atoms with Gasteiger partial charge in [0.25, 0.3) is 0 Å². The molecule has 1 aromatic carbocycles. The third-order valence-corrected chi connectivity index (χ3v) is 3.67. The molecule has 0 fully saturated rings. The van der Waals surface area contributed by atoms with Crippen molar-refractivity contribution in [1.82, 2.24) is 0 Å². The van der Waals surface area contributed by atoms with Gasteiger partial charge in [-0.05, 0) is 48.4 Å². The quantitative estimate of drug-likeness (QED) is 0.805. The van der Waals surface area contributed by atoms with Crippen LogP contribution in [-0.4, -0.2) is 6.54 Å². The molecule has 0 amide bonds. The number of rotatable bonds is 1. The summed E-state index contributed by atoms with van der Waals surface area (Å²) >= 11 is 0. The van der Waals surface area contributed by atoms with Crippen molar-refractivity contribution in [2.24, 2.45) is 11.1 Å². The molecule has 1 unspecified atom stereocenters. The van der Waals surface area contributed by atoms with E-state index in [0.29, 0.717) is 24.9 Å². The molecule has 0 spiro atoms. The van der Waals surface area contributed by atoms with Crippen LogP contribution in [0.15, 0.2) is 18.2 Å². The van der Waals surface area contributed by atoms with E-state index in [-0.39, 0.29) is 5.41 Å². The van der Waals surface area contributed by atoms with Gasteiger partial charge < -0.3 is 5.73 Å². The summed E-state index contributed by atoms with van der Waals surface area (Å²) in [6.45, 7) is 2.39. The molecule has 17 heavy (non-hydrogen) atoms. The fraction of sp³-hybridized carbons (Fsp3) is 0.538. The van der Waals surface area contributed by atoms with Crippen LogP contribution >= 0.6 is 0 Å². The van der Waals surface area contributed by atoms with Gasteiger partial charge in [0.1, 0.15) is 0 Å². The lowest BCUT2D eigenvalue weighted by molar-refractivity contribution is -0.138. The van der Waals surface area contributed by atoms with E-state index in [2.05, 4.69) is 0 Å². The third-order valence-electron chi connectivity index (χ3n) is 3.67. The number of benzene rings is 1. The molecule has 0 radical (unpaired) electrons. The Bertz CT molecular complexity index is 425.